The Morgan fingerprint density at radius 2 is 2.00 bits per heavy atom. The third-order valence-corrected chi connectivity index (χ3v) is 2.52. The quantitative estimate of drug-likeness (QED) is 0.803. The molecule has 2 unspecified atom stereocenters. The van der Waals surface area contributed by atoms with Gasteiger partial charge in [-0.25, -0.2) is 4.39 Å². The summed E-state index contributed by atoms with van der Waals surface area (Å²) in [5.74, 6) is -0.285. The monoisotopic (exact) mass is 228 g/mol. The second-order valence-electron chi connectivity index (χ2n) is 3.72. The number of halogens is 1. The number of benzene rings is 1. The van der Waals surface area contributed by atoms with Crippen LogP contribution in [0.4, 0.5) is 4.39 Å². The van der Waals surface area contributed by atoms with E-state index in [1.807, 2.05) is 0 Å². The van der Waals surface area contributed by atoms with Crippen molar-refractivity contribution in [3.63, 3.8) is 0 Å². The van der Waals surface area contributed by atoms with Gasteiger partial charge in [0.15, 0.2) is 11.6 Å². The predicted molar refractivity (Wildman–Crippen MR) is 59.0 cm³/mol. The fraction of sp³-hybridized carbons (Fsp3) is 0.500. The number of hydrogen-bond acceptors (Lipinski definition) is 3. The predicted octanol–water partition coefficient (Wildman–Crippen LogP) is 1.51. The molecule has 0 saturated heterocycles. The molecule has 0 heterocycles. The van der Waals surface area contributed by atoms with Gasteiger partial charge in [-0.1, -0.05) is 13.0 Å². The number of aliphatic hydroxyl groups is 2. The summed E-state index contributed by atoms with van der Waals surface area (Å²) >= 11 is 0. The van der Waals surface area contributed by atoms with E-state index in [2.05, 4.69) is 0 Å². The van der Waals surface area contributed by atoms with Crippen LogP contribution in [0.15, 0.2) is 18.2 Å². The van der Waals surface area contributed by atoms with E-state index >= 15 is 0 Å². The third-order valence-electron chi connectivity index (χ3n) is 2.52. The molecule has 1 aromatic rings. The fourth-order valence-corrected chi connectivity index (χ4v) is 1.49. The zero-order chi connectivity index (χ0) is 12.1. The van der Waals surface area contributed by atoms with E-state index in [1.54, 1.807) is 13.0 Å². The molecule has 2 N–H and O–H groups in total. The lowest BCUT2D eigenvalue weighted by Gasteiger charge is -2.16. The number of hydrogen-bond donors (Lipinski definition) is 2. The summed E-state index contributed by atoms with van der Waals surface area (Å²) in [7, 11) is 1.40. The second kappa shape index (κ2) is 5.82. The Balaban J connectivity index is 2.71. The Morgan fingerprint density at radius 3 is 2.50 bits per heavy atom. The highest BCUT2D eigenvalue weighted by Crippen LogP contribution is 2.19. The van der Waals surface area contributed by atoms with Crippen LogP contribution in [0.3, 0.4) is 0 Å². The molecule has 90 valence electrons. The molecule has 3 nitrogen and oxygen atoms in total. The van der Waals surface area contributed by atoms with Gasteiger partial charge in [0.25, 0.3) is 0 Å². The summed E-state index contributed by atoms with van der Waals surface area (Å²) in [4.78, 5) is 0. The van der Waals surface area contributed by atoms with E-state index in [0.717, 1.165) is 0 Å². The first-order valence-corrected chi connectivity index (χ1v) is 5.27. The highest BCUT2D eigenvalue weighted by atomic mass is 19.1. The summed E-state index contributed by atoms with van der Waals surface area (Å²) in [6, 6.07) is 4.49. The molecule has 0 bridgehead atoms. The zero-order valence-electron chi connectivity index (χ0n) is 9.48. The molecule has 0 aromatic heterocycles. The van der Waals surface area contributed by atoms with Crippen molar-refractivity contribution in [3.8, 4) is 5.75 Å². The van der Waals surface area contributed by atoms with E-state index < -0.39 is 18.0 Å². The van der Waals surface area contributed by atoms with Gasteiger partial charge in [-0.2, -0.15) is 0 Å². The van der Waals surface area contributed by atoms with E-state index in [9.17, 15) is 14.6 Å². The minimum Gasteiger partial charge on any atom is -0.494 e. The standard InChI is InChI=1S/C12H17FO3/c1-3-10(14)11(15)7-8-4-5-12(16-2)9(13)6-8/h4-6,10-11,14-15H,3,7H2,1-2H3. The molecule has 16 heavy (non-hydrogen) atoms. The fourth-order valence-electron chi connectivity index (χ4n) is 1.49. The molecule has 0 aliphatic heterocycles. The lowest BCUT2D eigenvalue weighted by atomic mass is 10.0. The smallest absolute Gasteiger partial charge is 0.165 e. The average Bonchev–Trinajstić information content (AvgIpc) is 2.28. The van der Waals surface area contributed by atoms with Gasteiger partial charge in [-0.3, -0.25) is 0 Å². The summed E-state index contributed by atoms with van der Waals surface area (Å²) < 4.78 is 18.1. The van der Waals surface area contributed by atoms with E-state index in [1.165, 1.54) is 19.2 Å². The molecule has 2 atom stereocenters. The molecular formula is C12H17FO3. The van der Waals surface area contributed by atoms with E-state index in [4.69, 9.17) is 4.74 Å². The van der Waals surface area contributed by atoms with Gasteiger partial charge < -0.3 is 14.9 Å². The molecule has 0 amide bonds. The topological polar surface area (TPSA) is 49.7 Å². The van der Waals surface area contributed by atoms with Gasteiger partial charge >= 0.3 is 0 Å². The molecule has 0 aliphatic carbocycles. The first kappa shape index (κ1) is 12.9. The van der Waals surface area contributed by atoms with Crippen LogP contribution in [0.25, 0.3) is 0 Å². The maximum atomic E-state index is 13.3. The highest BCUT2D eigenvalue weighted by Gasteiger charge is 2.15. The molecule has 1 rings (SSSR count). The SMILES string of the molecule is CCC(O)C(O)Cc1ccc(OC)c(F)c1. The minimum atomic E-state index is -0.863. The van der Waals surface area contributed by atoms with Crippen molar-refractivity contribution in [1.82, 2.24) is 0 Å². The van der Waals surface area contributed by atoms with Crippen molar-refractivity contribution in [2.75, 3.05) is 7.11 Å². The largest absolute Gasteiger partial charge is 0.494 e. The summed E-state index contributed by atoms with van der Waals surface area (Å²) in [6.07, 6.45) is -0.932. The van der Waals surface area contributed by atoms with Crippen molar-refractivity contribution >= 4 is 0 Å². The van der Waals surface area contributed by atoms with Crippen molar-refractivity contribution < 1.29 is 19.3 Å². The van der Waals surface area contributed by atoms with Crippen LogP contribution in [0.2, 0.25) is 0 Å². The van der Waals surface area contributed by atoms with Gasteiger partial charge in [0.1, 0.15) is 0 Å². The van der Waals surface area contributed by atoms with Gasteiger partial charge in [0.2, 0.25) is 0 Å². The molecule has 0 spiro atoms. The maximum Gasteiger partial charge on any atom is 0.165 e. The first-order valence-electron chi connectivity index (χ1n) is 5.27. The Hall–Kier alpha value is -1.13. The Labute approximate surface area is 94.5 Å². The number of rotatable bonds is 5. The molecule has 0 radical (unpaired) electrons. The van der Waals surface area contributed by atoms with Crippen LogP contribution in [0.5, 0.6) is 5.75 Å². The summed E-state index contributed by atoms with van der Waals surface area (Å²) in [5, 5.41) is 19.0. The van der Waals surface area contributed by atoms with Gasteiger partial charge in [0, 0.05) is 6.42 Å². The Kier molecular flexibility index (Phi) is 4.71. The number of methoxy groups -OCH3 is 1. The maximum absolute atomic E-state index is 13.3. The summed E-state index contributed by atoms with van der Waals surface area (Å²) in [5.41, 5.74) is 0.637. The normalized spacial score (nSPS) is 14.6. The van der Waals surface area contributed by atoms with Crippen molar-refractivity contribution in [2.45, 2.75) is 32.0 Å². The third kappa shape index (κ3) is 3.18. The van der Waals surface area contributed by atoms with Crippen LogP contribution in [-0.2, 0) is 6.42 Å². The van der Waals surface area contributed by atoms with Crippen LogP contribution >= 0.6 is 0 Å². The molecule has 1 aromatic carbocycles. The van der Waals surface area contributed by atoms with Crippen LogP contribution in [0.1, 0.15) is 18.9 Å². The van der Waals surface area contributed by atoms with E-state index in [-0.39, 0.29) is 12.2 Å². The zero-order valence-corrected chi connectivity index (χ0v) is 9.48. The van der Waals surface area contributed by atoms with E-state index in [0.29, 0.717) is 12.0 Å². The molecule has 0 fully saturated rings. The van der Waals surface area contributed by atoms with Crippen molar-refractivity contribution in [1.29, 1.82) is 0 Å². The van der Waals surface area contributed by atoms with Crippen LogP contribution < -0.4 is 4.74 Å². The van der Waals surface area contributed by atoms with Crippen LogP contribution in [0, 0.1) is 5.82 Å². The Bertz CT molecular complexity index is 341. The lowest BCUT2D eigenvalue weighted by molar-refractivity contribution is 0.0181. The molecule has 0 saturated carbocycles. The summed E-state index contributed by atoms with van der Waals surface area (Å²) in [6.45, 7) is 1.78. The van der Waals surface area contributed by atoms with Crippen molar-refractivity contribution in [3.05, 3.63) is 29.6 Å². The van der Waals surface area contributed by atoms with Gasteiger partial charge in [-0.05, 0) is 24.1 Å². The molecule has 4 heteroatoms. The Morgan fingerprint density at radius 1 is 1.31 bits per heavy atom. The van der Waals surface area contributed by atoms with Gasteiger partial charge in [0.05, 0.1) is 19.3 Å². The lowest BCUT2D eigenvalue weighted by Crippen LogP contribution is -2.27. The second-order valence-corrected chi connectivity index (χ2v) is 3.72. The first-order chi connectivity index (χ1) is 7.58. The van der Waals surface area contributed by atoms with Crippen molar-refractivity contribution in [2.24, 2.45) is 0 Å². The number of aliphatic hydroxyl groups excluding tert-OH is 2. The molecular weight excluding hydrogens is 211 g/mol. The minimum absolute atomic E-state index is 0.175. The average molecular weight is 228 g/mol. The van der Waals surface area contributed by atoms with Crippen LogP contribution in [-0.4, -0.2) is 29.5 Å². The highest BCUT2D eigenvalue weighted by molar-refractivity contribution is 5.29. The van der Waals surface area contributed by atoms with Gasteiger partial charge in [-0.15, -0.1) is 0 Å². The molecule has 0 aliphatic rings. The number of ether oxygens (including phenoxy) is 1.